The van der Waals surface area contributed by atoms with Crippen molar-refractivity contribution in [1.29, 1.82) is 0 Å². The number of fused-ring (bicyclic) bond motifs is 1. The van der Waals surface area contributed by atoms with Gasteiger partial charge in [-0.15, -0.1) is 0 Å². The highest BCUT2D eigenvalue weighted by atomic mass is 16.2. The molecular weight excluding hydrogens is 228 g/mol. The van der Waals surface area contributed by atoms with E-state index in [-0.39, 0.29) is 5.91 Å². The Bertz CT molecular complexity index is 523. The fraction of sp³-hybridized carbons (Fsp3) is 0.231. The van der Waals surface area contributed by atoms with Crippen molar-refractivity contribution in [2.24, 2.45) is 5.10 Å². The number of amides is 1. The van der Waals surface area contributed by atoms with Crippen LogP contribution in [0.1, 0.15) is 12.5 Å². The van der Waals surface area contributed by atoms with Gasteiger partial charge >= 0.3 is 0 Å². The third-order valence-electron chi connectivity index (χ3n) is 3.12. The van der Waals surface area contributed by atoms with Gasteiger partial charge in [-0.3, -0.25) is 10.2 Å². The molecule has 5 nitrogen and oxygen atoms in total. The molecule has 0 fully saturated rings. The number of amidine groups is 1. The monoisotopic (exact) mass is 242 g/mol. The molecule has 1 atom stereocenters. The molecule has 0 saturated heterocycles. The van der Waals surface area contributed by atoms with Gasteiger partial charge in [0, 0.05) is 12.4 Å². The molecule has 1 unspecified atom stereocenters. The van der Waals surface area contributed by atoms with Gasteiger partial charge < -0.3 is 9.80 Å². The first-order valence-electron chi connectivity index (χ1n) is 5.86. The van der Waals surface area contributed by atoms with Crippen molar-refractivity contribution in [3.8, 4) is 0 Å². The van der Waals surface area contributed by atoms with Crippen molar-refractivity contribution >= 4 is 11.7 Å². The maximum atomic E-state index is 12.3. The third-order valence-corrected chi connectivity index (χ3v) is 3.12. The van der Waals surface area contributed by atoms with Crippen LogP contribution in [-0.4, -0.2) is 27.7 Å². The normalized spacial score (nSPS) is 21.7. The molecule has 1 aromatic carbocycles. The number of hydrazone groups is 1. The highest BCUT2D eigenvalue weighted by molar-refractivity contribution is 5.93. The Hall–Kier alpha value is -2.30. The van der Waals surface area contributed by atoms with Gasteiger partial charge in [0.05, 0.1) is 6.54 Å². The van der Waals surface area contributed by atoms with Crippen LogP contribution in [0.15, 0.2) is 47.8 Å². The lowest BCUT2D eigenvalue weighted by Crippen LogP contribution is -2.51. The van der Waals surface area contributed by atoms with E-state index >= 15 is 0 Å². The van der Waals surface area contributed by atoms with Gasteiger partial charge in [-0.1, -0.05) is 30.3 Å². The van der Waals surface area contributed by atoms with E-state index < -0.39 is 6.17 Å². The Morgan fingerprint density at radius 2 is 2.06 bits per heavy atom. The lowest BCUT2D eigenvalue weighted by Gasteiger charge is -2.31. The van der Waals surface area contributed by atoms with Crippen molar-refractivity contribution in [1.82, 2.24) is 15.2 Å². The second kappa shape index (κ2) is 4.18. The highest BCUT2D eigenvalue weighted by Crippen LogP contribution is 2.17. The number of carbonyl (C=O) groups is 1. The van der Waals surface area contributed by atoms with Crippen LogP contribution in [0, 0.1) is 0 Å². The second-order valence-electron chi connectivity index (χ2n) is 4.35. The minimum absolute atomic E-state index is 0.0157. The summed E-state index contributed by atoms with van der Waals surface area (Å²) in [4.78, 5) is 15.8. The molecule has 1 aromatic rings. The lowest BCUT2D eigenvalue weighted by atomic mass is 10.2. The fourth-order valence-corrected chi connectivity index (χ4v) is 2.12. The van der Waals surface area contributed by atoms with Gasteiger partial charge in [-0.05, 0) is 12.5 Å². The van der Waals surface area contributed by atoms with E-state index in [1.165, 1.54) is 0 Å². The minimum atomic E-state index is -0.390. The minimum Gasteiger partial charge on any atom is -0.310 e. The quantitative estimate of drug-likeness (QED) is 0.843. The smallest absolute Gasteiger partial charge is 0.272 e. The molecule has 5 heteroatoms. The first-order valence-corrected chi connectivity index (χ1v) is 5.86. The predicted octanol–water partition coefficient (Wildman–Crippen LogP) is 1.06. The molecule has 18 heavy (non-hydrogen) atoms. The number of benzene rings is 1. The van der Waals surface area contributed by atoms with Crippen LogP contribution in [0.5, 0.6) is 0 Å². The summed E-state index contributed by atoms with van der Waals surface area (Å²) in [6.45, 7) is 2.46. The van der Waals surface area contributed by atoms with Gasteiger partial charge in [-0.2, -0.15) is 5.10 Å². The molecule has 0 bridgehead atoms. The molecule has 2 aliphatic rings. The summed E-state index contributed by atoms with van der Waals surface area (Å²) in [5.41, 5.74) is 3.96. The summed E-state index contributed by atoms with van der Waals surface area (Å²) in [5, 5.41) is 4.07. The molecule has 1 N–H and O–H groups in total. The summed E-state index contributed by atoms with van der Waals surface area (Å²) in [7, 11) is 0. The van der Waals surface area contributed by atoms with Gasteiger partial charge in [0.1, 0.15) is 5.84 Å². The maximum Gasteiger partial charge on any atom is 0.272 e. The van der Waals surface area contributed by atoms with Crippen LogP contribution in [0.3, 0.4) is 0 Å². The van der Waals surface area contributed by atoms with Crippen molar-refractivity contribution in [3.63, 3.8) is 0 Å². The zero-order chi connectivity index (χ0) is 12.5. The van der Waals surface area contributed by atoms with E-state index in [2.05, 4.69) is 10.5 Å². The van der Waals surface area contributed by atoms with Crippen molar-refractivity contribution < 1.29 is 4.79 Å². The van der Waals surface area contributed by atoms with Crippen molar-refractivity contribution in [2.45, 2.75) is 19.6 Å². The van der Waals surface area contributed by atoms with E-state index in [1.54, 1.807) is 11.1 Å². The Labute approximate surface area is 105 Å². The lowest BCUT2D eigenvalue weighted by molar-refractivity contribution is -0.134. The van der Waals surface area contributed by atoms with Crippen molar-refractivity contribution in [2.75, 3.05) is 0 Å². The van der Waals surface area contributed by atoms with Gasteiger partial charge in [0.2, 0.25) is 6.17 Å². The molecule has 3 rings (SSSR count). The molecular formula is C13H14N4O. The van der Waals surface area contributed by atoms with E-state index in [0.29, 0.717) is 6.54 Å². The second-order valence-corrected chi connectivity index (χ2v) is 4.35. The van der Waals surface area contributed by atoms with Gasteiger partial charge in [0.25, 0.3) is 5.91 Å². The van der Waals surface area contributed by atoms with Crippen LogP contribution in [0.25, 0.3) is 0 Å². The largest absolute Gasteiger partial charge is 0.310 e. The zero-order valence-electron chi connectivity index (χ0n) is 10.1. The Morgan fingerprint density at radius 1 is 1.28 bits per heavy atom. The van der Waals surface area contributed by atoms with E-state index in [4.69, 9.17) is 0 Å². The number of hydrogen-bond acceptors (Lipinski definition) is 4. The topological polar surface area (TPSA) is 47.9 Å². The van der Waals surface area contributed by atoms with Crippen LogP contribution in [0.2, 0.25) is 0 Å². The summed E-state index contributed by atoms with van der Waals surface area (Å²) >= 11 is 0. The molecule has 1 amide bonds. The Balaban J connectivity index is 1.78. The van der Waals surface area contributed by atoms with E-state index in [1.807, 2.05) is 48.4 Å². The Kier molecular flexibility index (Phi) is 2.51. The average Bonchev–Trinajstić information content (AvgIpc) is 2.77. The summed E-state index contributed by atoms with van der Waals surface area (Å²) in [6, 6.07) is 9.94. The standard InChI is InChI=1S/C13H14N4O/c1-10-14-15-12-13(18)16(7-8-17(10)12)9-11-5-3-2-4-6-11/h2-8,12,15H,9H2,1H3. The molecule has 92 valence electrons. The summed E-state index contributed by atoms with van der Waals surface area (Å²) in [6.07, 6.45) is 3.30. The van der Waals surface area contributed by atoms with Crippen LogP contribution < -0.4 is 5.43 Å². The third kappa shape index (κ3) is 1.73. The number of rotatable bonds is 2. The van der Waals surface area contributed by atoms with Gasteiger partial charge in [0.15, 0.2) is 0 Å². The number of nitrogens with one attached hydrogen (secondary N) is 1. The van der Waals surface area contributed by atoms with Gasteiger partial charge in [-0.25, -0.2) is 0 Å². The molecule has 2 heterocycles. The first kappa shape index (κ1) is 10.8. The van der Waals surface area contributed by atoms with Crippen LogP contribution >= 0.6 is 0 Å². The number of nitrogens with zero attached hydrogens (tertiary/aromatic N) is 3. The van der Waals surface area contributed by atoms with Crippen LogP contribution in [0.4, 0.5) is 0 Å². The molecule has 0 spiro atoms. The number of hydrogen-bond donors (Lipinski definition) is 1. The van der Waals surface area contributed by atoms with Crippen LogP contribution in [-0.2, 0) is 11.3 Å². The molecule has 0 aromatic heterocycles. The summed E-state index contributed by atoms with van der Waals surface area (Å²) < 4.78 is 0. The molecule has 0 aliphatic carbocycles. The molecule has 0 saturated carbocycles. The fourth-order valence-electron chi connectivity index (χ4n) is 2.12. The SMILES string of the molecule is CC1=NNC2C(=O)N(Cc3ccccc3)C=CN12. The first-order chi connectivity index (χ1) is 8.75. The van der Waals surface area contributed by atoms with Crippen molar-refractivity contribution in [3.05, 3.63) is 48.3 Å². The summed E-state index contributed by atoms with van der Waals surface area (Å²) in [5.74, 6) is 0.825. The average molecular weight is 242 g/mol. The number of carbonyl (C=O) groups excluding carboxylic acids is 1. The maximum absolute atomic E-state index is 12.3. The highest BCUT2D eigenvalue weighted by Gasteiger charge is 2.35. The predicted molar refractivity (Wildman–Crippen MR) is 68.0 cm³/mol. The molecule has 2 aliphatic heterocycles. The zero-order valence-corrected chi connectivity index (χ0v) is 10.1. The molecule has 0 radical (unpaired) electrons. The van der Waals surface area contributed by atoms with E-state index in [0.717, 1.165) is 11.4 Å². The van der Waals surface area contributed by atoms with E-state index in [9.17, 15) is 4.79 Å². The Morgan fingerprint density at radius 3 is 2.83 bits per heavy atom.